The first-order valence-electron chi connectivity index (χ1n) is 7.35. The largest absolute Gasteiger partial charge is 0.398 e. The normalized spacial score (nSPS) is 15.8. The summed E-state index contributed by atoms with van der Waals surface area (Å²) in [6.45, 7) is 5.09. The van der Waals surface area contributed by atoms with Gasteiger partial charge < -0.3 is 10.6 Å². The molecular weight excluding hydrogens is 272 g/mol. The summed E-state index contributed by atoms with van der Waals surface area (Å²) >= 11 is 5.93. The molecule has 0 unspecified atom stereocenters. The van der Waals surface area contributed by atoms with E-state index in [1.54, 1.807) is 18.2 Å². The maximum atomic E-state index is 12.8. The molecule has 0 spiro atoms. The number of anilines is 1. The minimum atomic E-state index is 0.0777. The van der Waals surface area contributed by atoms with Crippen LogP contribution >= 0.6 is 11.6 Å². The van der Waals surface area contributed by atoms with Crippen molar-refractivity contribution in [1.82, 2.24) is 4.90 Å². The van der Waals surface area contributed by atoms with E-state index < -0.39 is 0 Å². The zero-order valence-electron chi connectivity index (χ0n) is 12.2. The molecule has 4 heteroatoms. The third-order valence-corrected chi connectivity index (χ3v) is 4.18. The summed E-state index contributed by atoms with van der Waals surface area (Å²) < 4.78 is 0. The molecule has 1 fully saturated rings. The zero-order chi connectivity index (χ0) is 14.7. The molecule has 1 aliphatic carbocycles. The molecule has 0 aliphatic heterocycles. The Morgan fingerprint density at radius 1 is 1.40 bits per heavy atom. The van der Waals surface area contributed by atoms with Gasteiger partial charge >= 0.3 is 0 Å². The quantitative estimate of drug-likeness (QED) is 0.854. The standard InChI is InChI=1S/C16H23ClN2O/c1-11(2)10-19(13-5-3-4-6-13)16(20)12-7-8-14(17)15(18)9-12/h7-9,11,13H,3-6,10,18H2,1-2H3. The SMILES string of the molecule is CC(C)CN(C(=O)c1ccc(Cl)c(N)c1)C1CCCC1. The number of carbonyl (C=O) groups excluding carboxylic acids is 1. The second-order valence-corrected chi connectivity index (χ2v) is 6.43. The van der Waals surface area contributed by atoms with Gasteiger partial charge in [-0.3, -0.25) is 4.79 Å². The molecule has 1 aromatic carbocycles. The minimum Gasteiger partial charge on any atom is -0.398 e. The van der Waals surface area contributed by atoms with E-state index in [1.807, 2.05) is 4.90 Å². The van der Waals surface area contributed by atoms with E-state index in [2.05, 4.69) is 13.8 Å². The summed E-state index contributed by atoms with van der Waals surface area (Å²) in [5, 5.41) is 0.498. The monoisotopic (exact) mass is 294 g/mol. The first-order valence-corrected chi connectivity index (χ1v) is 7.73. The van der Waals surface area contributed by atoms with Crippen molar-refractivity contribution < 1.29 is 4.79 Å². The van der Waals surface area contributed by atoms with Crippen molar-refractivity contribution in [1.29, 1.82) is 0 Å². The molecule has 0 bridgehead atoms. The highest BCUT2D eigenvalue weighted by molar-refractivity contribution is 6.33. The molecule has 1 aliphatic rings. The van der Waals surface area contributed by atoms with E-state index in [-0.39, 0.29) is 5.91 Å². The van der Waals surface area contributed by atoms with Gasteiger partial charge in [0.2, 0.25) is 0 Å². The Morgan fingerprint density at radius 3 is 2.60 bits per heavy atom. The van der Waals surface area contributed by atoms with Gasteiger partial charge in [-0.05, 0) is 37.0 Å². The molecule has 0 aromatic heterocycles. The molecule has 2 rings (SSSR count). The Morgan fingerprint density at radius 2 is 2.05 bits per heavy atom. The van der Waals surface area contributed by atoms with Gasteiger partial charge in [-0.25, -0.2) is 0 Å². The third-order valence-electron chi connectivity index (χ3n) is 3.83. The molecule has 110 valence electrons. The highest BCUT2D eigenvalue weighted by atomic mass is 35.5. The third kappa shape index (κ3) is 3.45. The van der Waals surface area contributed by atoms with Gasteiger partial charge in [0.15, 0.2) is 0 Å². The van der Waals surface area contributed by atoms with Crippen LogP contribution in [-0.2, 0) is 0 Å². The fraction of sp³-hybridized carbons (Fsp3) is 0.562. The number of halogens is 1. The molecule has 0 saturated heterocycles. The van der Waals surface area contributed by atoms with Crippen molar-refractivity contribution in [2.75, 3.05) is 12.3 Å². The lowest BCUT2D eigenvalue weighted by Gasteiger charge is -2.31. The van der Waals surface area contributed by atoms with E-state index in [4.69, 9.17) is 17.3 Å². The Hall–Kier alpha value is -1.22. The van der Waals surface area contributed by atoms with Gasteiger partial charge in [-0.1, -0.05) is 38.3 Å². The maximum absolute atomic E-state index is 12.8. The smallest absolute Gasteiger partial charge is 0.254 e. The molecule has 1 aromatic rings. The molecule has 3 nitrogen and oxygen atoms in total. The number of nitrogens with zero attached hydrogens (tertiary/aromatic N) is 1. The maximum Gasteiger partial charge on any atom is 0.254 e. The predicted octanol–water partition coefficient (Wildman–Crippen LogP) is 3.96. The fourth-order valence-electron chi connectivity index (χ4n) is 2.85. The first kappa shape index (κ1) is 15.2. The van der Waals surface area contributed by atoms with Gasteiger partial charge in [0, 0.05) is 18.2 Å². The Balaban J connectivity index is 2.22. The summed E-state index contributed by atoms with van der Waals surface area (Å²) in [5.41, 5.74) is 6.92. The molecule has 2 N–H and O–H groups in total. The van der Waals surface area contributed by atoms with Crippen LogP contribution in [0.5, 0.6) is 0 Å². The van der Waals surface area contributed by atoms with Crippen LogP contribution in [0.4, 0.5) is 5.69 Å². The van der Waals surface area contributed by atoms with E-state index >= 15 is 0 Å². The number of nitrogens with two attached hydrogens (primary N) is 1. The summed E-state index contributed by atoms with van der Waals surface area (Å²) in [4.78, 5) is 14.8. The van der Waals surface area contributed by atoms with E-state index in [1.165, 1.54) is 12.8 Å². The Bertz CT molecular complexity index is 481. The van der Waals surface area contributed by atoms with Gasteiger partial charge in [0.1, 0.15) is 0 Å². The number of rotatable bonds is 4. The van der Waals surface area contributed by atoms with E-state index in [0.717, 1.165) is 19.4 Å². The molecular formula is C16H23ClN2O. The lowest BCUT2D eigenvalue weighted by atomic mass is 10.1. The fourth-order valence-corrected chi connectivity index (χ4v) is 2.97. The van der Waals surface area contributed by atoms with Crippen molar-refractivity contribution in [3.63, 3.8) is 0 Å². The number of hydrogen-bond donors (Lipinski definition) is 1. The summed E-state index contributed by atoms with van der Waals surface area (Å²) in [7, 11) is 0. The first-order chi connectivity index (χ1) is 9.49. The van der Waals surface area contributed by atoms with Gasteiger partial charge in [-0.15, -0.1) is 0 Å². The topological polar surface area (TPSA) is 46.3 Å². The lowest BCUT2D eigenvalue weighted by Crippen LogP contribution is -2.41. The van der Waals surface area contributed by atoms with Crippen LogP contribution in [-0.4, -0.2) is 23.4 Å². The minimum absolute atomic E-state index is 0.0777. The molecule has 0 atom stereocenters. The average molecular weight is 295 g/mol. The highest BCUT2D eigenvalue weighted by Crippen LogP contribution is 2.27. The van der Waals surface area contributed by atoms with Crippen LogP contribution in [0.1, 0.15) is 49.9 Å². The predicted molar refractivity (Wildman–Crippen MR) is 84.0 cm³/mol. The van der Waals surface area contributed by atoms with Gasteiger partial charge in [-0.2, -0.15) is 0 Å². The summed E-state index contributed by atoms with van der Waals surface area (Å²) in [6.07, 6.45) is 4.66. The number of nitrogen functional groups attached to an aromatic ring is 1. The Labute approximate surface area is 126 Å². The van der Waals surface area contributed by atoms with Crippen molar-refractivity contribution in [2.45, 2.75) is 45.6 Å². The van der Waals surface area contributed by atoms with Crippen molar-refractivity contribution in [3.8, 4) is 0 Å². The lowest BCUT2D eigenvalue weighted by molar-refractivity contribution is 0.0655. The average Bonchev–Trinajstić information content (AvgIpc) is 2.92. The number of amides is 1. The highest BCUT2D eigenvalue weighted by Gasteiger charge is 2.28. The zero-order valence-corrected chi connectivity index (χ0v) is 13.0. The molecule has 1 saturated carbocycles. The van der Waals surface area contributed by atoms with Crippen molar-refractivity contribution >= 4 is 23.2 Å². The van der Waals surface area contributed by atoms with Crippen LogP contribution in [0.25, 0.3) is 0 Å². The number of carbonyl (C=O) groups is 1. The second-order valence-electron chi connectivity index (χ2n) is 6.03. The van der Waals surface area contributed by atoms with Crippen LogP contribution < -0.4 is 5.73 Å². The molecule has 1 amide bonds. The van der Waals surface area contributed by atoms with E-state index in [9.17, 15) is 4.79 Å². The van der Waals surface area contributed by atoms with Crippen LogP contribution in [0.2, 0.25) is 5.02 Å². The van der Waals surface area contributed by atoms with Crippen molar-refractivity contribution in [2.24, 2.45) is 5.92 Å². The second kappa shape index (κ2) is 6.49. The molecule has 20 heavy (non-hydrogen) atoms. The number of benzene rings is 1. The summed E-state index contributed by atoms with van der Waals surface area (Å²) in [5.74, 6) is 0.540. The van der Waals surface area contributed by atoms with E-state index in [0.29, 0.717) is 28.2 Å². The molecule has 0 radical (unpaired) electrons. The van der Waals surface area contributed by atoms with Crippen molar-refractivity contribution in [3.05, 3.63) is 28.8 Å². The van der Waals surface area contributed by atoms with Crippen LogP contribution in [0.15, 0.2) is 18.2 Å². The van der Waals surface area contributed by atoms with Crippen LogP contribution in [0, 0.1) is 5.92 Å². The van der Waals surface area contributed by atoms with Gasteiger partial charge in [0.05, 0.1) is 10.7 Å². The number of hydrogen-bond acceptors (Lipinski definition) is 2. The van der Waals surface area contributed by atoms with Crippen LogP contribution in [0.3, 0.4) is 0 Å². The molecule has 0 heterocycles. The van der Waals surface area contributed by atoms with Gasteiger partial charge in [0.25, 0.3) is 5.91 Å². The Kier molecular flexibility index (Phi) is 4.92. The summed E-state index contributed by atoms with van der Waals surface area (Å²) in [6, 6.07) is 5.53.